The van der Waals surface area contributed by atoms with Crippen molar-refractivity contribution in [3.05, 3.63) is 70.9 Å². The van der Waals surface area contributed by atoms with Gasteiger partial charge in [0.25, 0.3) is 10.1 Å². The van der Waals surface area contributed by atoms with Gasteiger partial charge in [-0.25, -0.2) is 4.79 Å². The smallest absolute Gasteiger partial charge is 0.355 e. The fraction of sp³-hybridized carbons (Fsp3) is 0.448. The molecular formula is C29H37NO8SSi. The van der Waals surface area contributed by atoms with Crippen molar-refractivity contribution >= 4 is 30.3 Å². The second kappa shape index (κ2) is 11.5. The number of ether oxygens (including phenoxy) is 2. The number of hydrogen-bond donors (Lipinski definition) is 0. The summed E-state index contributed by atoms with van der Waals surface area (Å²) in [7, 11) is -4.48. The Morgan fingerprint density at radius 3 is 2.23 bits per heavy atom. The minimum atomic E-state index is -4.10. The number of nitrogens with zero attached hydrogens (tertiary/aromatic N) is 1. The van der Waals surface area contributed by atoms with Gasteiger partial charge in [-0.15, -0.1) is 0 Å². The summed E-state index contributed by atoms with van der Waals surface area (Å²) in [5.74, 6) is -1.08. The Bertz CT molecular complexity index is 1400. The number of hydrogen-bond acceptors (Lipinski definition) is 8. The van der Waals surface area contributed by atoms with Crippen LogP contribution < -0.4 is 4.74 Å². The van der Waals surface area contributed by atoms with Gasteiger partial charge in [-0.2, -0.15) is 8.42 Å². The second-order valence-electron chi connectivity index (χ2n) is 11.3. The molecule has 1 unspecified atom stereocenters. The van der Waals surface area contributed by atoms with E-state index in [-0.39, 0.29) is 47.8 Å². The fourth-order valence-corrected chi connectivity index (χ4v) is 7.44. The lowest BCUT2D eigenvalue weighted by Crippen LogP contribution is -2.64. The molecule has 40 heavy (non-hydrogen) atoms. The molecule has 0 radical (unpaired) electrons. The van der Waals surface area contributed by atoms with E-state index in [0.717, 1.165) is 11.1 Å². The topological polar surface area (TPSA) is 108 Å². The second-order valence-corrected chi connectivity index (χ2v) is 17.4. The predicted molar refractivity (Wildman–Crippen MR) is 151 cm³/mol. The summed E-state index contributed by atoms with van der Waals surface area (Å²) in [6.45, 7) is 11.4. The van der Waals surface area contributed by atoms with Crippen LogP contribution in [0.5, 0.6) is 5.75 Å². The van der Waals surface area contributed by atoms with E-state index in [9.17, 15) is 18.0 Å². The molecule has 2 aromatic carbocycles. The van der Waals surface area contributed by atoms with Crippen molar-refractivity contribution in [2.75, 3.05) is 13.7 Å². The van der Waals surface area contributed by atoms with Crippen LogP contribution in [0.3, 0.4) is 0 Å². The van der Waals surface area contributed by atoms with E-state index in [1.165, 1.54) is 17.0 Å². The average molecular weight is 588 g/mol. The van der Waals surface area contributed by atoms with Gasteiger partial charge in [0.2, 0.25) is 5.91 Å². The lowest BCUT2D eigenvalue weighted by atomic mass is 9.78. The Hall–Kier alpha value is -2.99. The molecule has 4 atom stereocenters. The Balaban J connectivity index is 1.59. The highest BCUT2D eigenvalue weighted by Gasteiger charge is 2.60. The number of rotatable bonds is 11. The normalized spacial score (nSPS) is 21.6. The molecule has 4 rings (SSSR count). The largest absolute Gasteiger partial charge is 0.497 e. The number of esters is 1. The number of β-lactam (4-membered cyclic amide) rings is 1. The van der Waals surface area contributed by atoms with Gasteiger partial charge in [-0.3, -0.25) is 8.98 Å². The maximum absolute atomic E-state index is 13.4. The maximum Gasteiger partial charge on any atom is 0.355 e. The number of benzene rings is 2. The van der Waals surface area contributed by atoms with Gasteiger partial charge >= 0.3 is 5.97 Å². The minimum Gasteiger partial charge on any atom is -0.497 e. The molecule has 1 amide bonds. The van der Waals surface area contributed by atoms with Gasteiger partial charge in [0.1, 0.15) is 18.1 Å². The molecule has 1 fully saturated rings. The van der Waals surface area contributed by atoms with Gasteiger partial charge in [0.15, 0.2) is 8.32 Å². The monoisotopic (exact) mass is 587 g/mol. The summed E-state index contributed by atoms with van der Waals surface area (Å²) < 4.78 is 48.4. The van der Waals surface area contributed by atoms with Crippen LogP contribution in [0.1, 0.15) is 25.0 Å². The van der Waals surface area contributed by atoms with Crippen LogP contribution in [0.15, 0.2) is 64.7 Å². The molecule has 0 aliphatic carbocycles. The lowest BCUT2D eigenvalue weighted by molar-refractivity contribution is -0.163. The fourth-order valence-electron chi connectivity index (χ4n) is 5.29. The van der Waals surface area contributed by atoms with E-state index in [0.29, 0.717) is 11.3 Å². The molecule has 2 aliphatic rings. The van der Waals surface area contributed by atoms with E-state index in [2.05, 4.69) is 19.6 Å². The third-order valence-corrected chi connectivity index (χ3v) is 9.60. The number of aryl methyl sites for hydroxylation is 1. The number of carbonyl (C=O) groups excluding carboxylic acids is 2. The Labute approximate surface area is 237 Å². The molecule has 9 nitrogen and oxygen atoms in total. The Morgan fingerprint density at radius 2 is 1.65 bits per heavy atom. The molecule has 2 aliphatic heterocycles. The number of fused-ring (bicyclic) bond motifs is 1. The van der Waals surface area contributed by atoms with Gasteiger partial charge < -0.3 is 18.8 Å². The van der Waals surface area contributed by atoms with Crippen LogP contribution >= 0.6 is 0 Å². The van der Waals surface area contributed by atoms with Crippen LogP contribution in [-0.2, 0) is 39.7 Å². The van der Waals surface area contributed by atoms with Crippen molar-refractivity contribution in [3.8, 4) is 5.75 Å². The van der Waals surface area contributed by atoms with Gasteiger partial charge in [0, 0.05) is 5.92 Å². The van der Waals surface area contributed by atoms with Crippen molar-refractivity contribution < 1.29 is 36.1 Å². The summed E-state index contributed by atoms with van der Waals surface area (Å²) in [5.41, 5.74) is 2.11. The average Bonchev–Trinajstić information content (AvgIpc) is 3.13. The SMILES string of the molecule is COc1ccc(COC(=O)C2=C(COS(=O)(=O)c3ccc(C)cc3)[C@H](C)[C@H]3[C@@H](C(C)O[Si](C)(C)C)C(=O)N23)cc1. The number of carbonyl (C=O) groups is 2. The molecule has 216 valence electrons. The molecule has 11 heteroatoms. The third-order valence-electron chi connectivity index (χ3n) is 7.24. The zero-order valence-electron chi connectivity index (χ0n) is 24.0. The summed E-state index contributed by atoms with van der Waals surface area (Å²) in [5, 5.41) is 0. The van der Waals surface area contributed by atoms with Gasteiger partial charge in [0.05, 0.1) is 36.7 Å². The first kappa shape index (κ1) is 30.0. The van der Waals surface area contributed by atoms with Gasteiger partial charge in [-0.05, 0) is 68.9 Å². The Kier molecular flexibility index (Phi) is 8.60. The predicted octanol–water partition coefficient (Wildman–Crippen LogP) is 4.42. The van der Waals surface area contributed by atoms with Crippen LogP contribution in [0.4, 0.5) is 0 Å². The first-order valence-electron chi connectivity index (χ1n) is 13.2. The molecule has 0 bridgehead atoms. The lowest BCUT2D eigenvalue weighted by Gasteiger charge is -2.48. The first-order valence-corrected chi connectivity index (χ1v) is 18.0. The van der Waals surface area contributed by atoms with Crippen molar-refractivity contribution in [2.24, 2.45) is 11.8 Å². The minimum absolute atomic E-state index is 0.0161. The van der Waals surface area contributed by atoms with Crippen LogP contribution in [0.2, 0.25) is 19.6 Å². The Morgan fingerprint density at radius 1 is 1.02 bits per heavy atom. The summed E-state index contributed by atoms with van der Waals surface area (Å²) in [6, 6.07) is 13.0. The third kappa shape index (κ3) is 6.17. The molecule has 0 spiro atoms. The van der Waals surface area contributed by atoms with Gasteiger partial charge in [-0.1, -0.05) is 36.8 Å². The molecule has 0 saturated carbocycles. The molecule has 2 aromatic rings. The zero-order valence-corrected chi connectivity index (χ0v) is 25.8. The van der Waals surface area contributed by atoms with E-state index in [4.69, 9.17) is 18.1 Å². The first-order chi connectivity index (χ1) is 18.7. The highest BCUT2D eigenvalue weighted by molar-refractivity contribution is 7.86. The zero-order chi connectivity index (χ0) is 29.4. The van der Waals surface area contributed by atoms with Crippen molar-refractivity contribution in [3.63, 3.8) is 0 Å². The highest BCUT2D eigenvalue weighted by Crippen LogP contribution is 2.48. The van der Waals surface area contributed by atoms with E-state index in [1.807, 2.05) is 20.8 Å². The molecule has 1 saturated heterocycles. The summed E-state index contributed by atoms with van der Waals surface area (Å²) in [6.07, 6.45) is -0.351. The highest BCUT2D eigenvalue weighted by atomic mass is 32.2. The van der Waals surface area contributed by atoms with E-state index < -0.39 is 30.3 Å². The molecule has 0 aromatic heterocycles. The summed E-state index contributed by atoms with van der Waals surface area (Å²) >= 11 is 0. The van der Waals surface area contributed by atoms with E-state index >= 15 is 0 Å². The molecule has 2 heterocycles. The molecule has 0 N–H and O–H groups in total. The quantitative estimate of drug-likeness (QED) is 0.165. The van der Waals surface area contributed by atoms with Crippen molar-refractivity contribution in [1.29, 1.82) is 0 Å². The van der Waals surface area contributed by atoms with Crippen LogP contribution in [-0.4, -0.2) is 59.4 Å². The van der Waals surface area contributed by atoms with Crippen molar-refractivity contribution in [1.82, 2.24) is 4.90 Å². The van der Waals surface area contributed by atoms with Crippen LogP contribution in [0.25, 0.3) is 0 Å². The molecular weight excluding hydrogens is 550 g/mol. The maximum atomic E-state index is 13.4. The summed E-state index contributed by atoms with van der Waals surface area (Å²) in [4.78, 5) is 28.3. The number of amides is 1. The standard InChI is InChI=1S/C29H37NO8SSi/c1-18-8-14-23(15-9-18)39(33,34)37-17-24-19(2)26-25(20(3)38-40(5,6)7)28(31)30(26)27(24)29(32)36-16-21-10-12-22(35-4)13-11-21/h8-15,19-20,25-26H,16-17H2,1-7H3/t19-,20?,25+,26-/m0/s1. The van der Waals surface area contributed by atoms with Crippen molar-refractivity contribution in [2.45, 2.75) is 64.1 Å². The van der Waals surface area contributed by atoms with Crippen LogP contribution in [0, 0.1) is 18.8 Å². The number of methoxy groups -OCH3 is 1. The van der Waals surface area contributed by atoms with E-state index in [1.54, 1.807) is 43.5 Å².